The molecule has 3 rings (SSSR count). The molecule has 0 bridgehead atoms. The second kappa shape index (κ2) is 10.9. The minimum Gasteiger partial charge on any atom is -0.484 e. The minimum absolute atomic E-state index is 0.0171. The summed E-state index contributed by atoms with van der Waals surface area (Å²) in [6.45, 7) is 3.52. The fourth-order valence-corrected chi connectivity index (χ4v) is 3.23. The number of hydrazone groups is 1. The Bertz CT molecular complexity index is 968. The summed E-state index contributed by atoms with van der Waals surface area (Å²) in [4.78, 5) is 38.0. The molecule has 0 saturated carbocycles. The zero-order valence-electron chi connectivity index (χ0n) is 17.5. The van der Waals surface area contributed by atoms with Crippen LogP contribution in [0.25, 0.3) is 0 Å². The van der Waals surface area contributed by atoms with Gasteiger partial charge in [0.25, 0.3) is 5.91 Å². The summed E-state index contributed by atoms with van der Waals surface area (Å²) >= 11 is 0. The topological polar surface area (TPSA) is 100 Å². The van der Waals surface area contributed by atoms with E-state index >= 15 is 0 Å². The van der Waals surface area contributed by atoms with Crippen LogP contribution < -0.4 is 15.5 Å². The number of nitrogens with zero attached hydrogens (tertiary/aromatic N) is 2. The molecule has 0 aromatic heterocycles. The summed E-state index contributed by atoms with van der Waals surface area (Å²) in [5.74, 6) is -1.17. The molecule has 2 aromatic rings. The van der Waals surface area contributed by atoms with Crippen molar-refractivity contribution in [2.75, 3.05) is 25.0 Å². The molecule has 1 saturated heterocycles. The van der Waals surface area contributed by atoms with Crippen molar-refractivity contribution in [3.05, 3.63) is 59.7 Å². The van der Waals surface area contributed by atoms with Gasteiger partial charge in [0, 0.05) is 18.8 Å². The number of para-hydroxylation sites is 1. The van der Waals surface area contributed by atoms with Crippen LogP contribution in [-0.4, -0.2) is 48.5 Å². The molecular weight excluding hydrogens is 396 g/mol. The lowest BCUT2D eigenvalue weighted by Crippen LogP contribution is -2.32. The van der Waals surface area contributed by atoms with Crippen LogP contribution in [-0.2, 0) is 20.8 Å². The van der Waals surface area contributed by atoms with Gasteiger partial charge in [-0.15, -0.1) is 0 Å². The monoisotopic (exact) mass is 422 g/mol. The highest BCUT2D eigenvalue weighted by Gasteiger charge is 2.18. The average Bonchev–Trinajstić information content (AvgIpc) is 3.33. The summed E-state index contributed by atoms with van der Waals surface area (Å²) in [7, 11) is 0. The van der Waals surface area contributed by atoms with Gasteiger partial charge in [-0.1, -0.05) is 37.3 Å². The third kappa shape index (κ3) is 6.40. The molecule has 8 heteroatoms. The lowest BCUT2D eigenvalue weighted by molar-refractivity contribution is -0.136. The van der Waals surface area contributed by atoms with Gasteiger partial charge in [-0.05, 0) is 48.6 Å². The molecule has 0 spiro atoms. The fourth-order valence-electron chi connectivity index (χ4n) is 3.23. The lowest BCUT2D eigenvalue weighted by atomic mass is 10.1. The largest absolute Gasteiger partial charge is 0.484 e. The maximum atomic E-state index is 12.1. The zero-order valence-corrected chi connectivity index (χ0v) is 17.5. The molecule has 1 heterocycles. The molecule has 0 unspecified atom stereocenters. The minimum atomic E-state index is -0.870. The molecule has 0 atom stereocenters. The molecule has 0 aliphatic carbocycles. The Hall–Kier alpha value is -3.68. The fraction of sp³-hybridized carbons (Fsp3) is 0.304. The van der Waals surface area contributed by atoms with E-state index in [0.29, 0.717) is 17.0 Å². The quantitative estimate of drug-likeness (QED) is 0.406. The van der Waals surface area contributed by atoms with Gasteiger partial charge in [0.1, 0.15) is 5.75 Å². The Kier molecular flexibility index (Phi) is 7.75. The van der Waals surface area contributed by atoms with Gasteiger partial charge in [0.05, 0.1) is 6.21 Å². The number of likely N-dealkylation sites (tertiary alicyclic amines) is 1. The lowest BCUT2D eigenvalue weighted by Gasteiger charge is -2.15. The van der Waals surface area contributed by atoms with Crippen molar-refractivity contribution in [1.29, 1.82) is 0 Å². The summed E-state index contributed by atoms with van der Waals surface area (Å²) in [6.07, 6.45) is 4.21. The number of benzene rings is 2. The van der Waals surface area contributed by atoms with E-state index < -0.39 is 11.8 Å². The van der Waals surface area contributed by atoms with Gasteiger partial charge in [0.15, 0.2) is 6.61 Å². The standard InChI is InChI=1S/C23H26N4O4/c1-2-18-9-3-4-11-20(18)25-22(29)23(30)26-24-15-17-8-7-10-19(14-17)31-16-21(28)27-12-5-6-13-27/h3-4,7-11,14-15H,2,5-6,12-13,16H2,1H3,(H,25,29)(H,26,30)/b24-15-. The van der Waals surface area contributed by atoms with Gasteiger partial charge >= 0.3 is 11.8 Å². The summed E-state index contributed by atoms with van der Waals surface area (Å²) < 4.78 is 5.57. The first-order chi connectivity index (χ1) is 15.1. The number of carbonyl (C=O) groups is 3. The van der Waals surface area contributed by atoms with Crippen LogP contribution >= 0.6 is 0 Å². The average molecular weight is 422 g/mol. The molecule has 0 radical (unpaired) electrons. The van der Waals surface area contributed by atoms with Crippen molar-refractivity contribution >= 4 is 29.6 Å². The number of nitrogens with one attached hydrogen (secondary N) is 2. The number of aryl methyl sites for hydroxylation is 1. The first kappa shape index (κ1) is 22.0. The smallest absolute Gasteiger partial charge is 0.329 e. The highest BCUT2D eigenvalue weighted by Crippen LogP contribution is 2.15. The van der Waals surface area contributed by atoms with Crippen LogP contribution in [0.15, 0.2) is 53.6 Å². The van der Waals surface area contributed by atoms with Crippen molar-refractivity contribution in [1.82, 2.24) is 10.3 Å². The molecule has 1 fully saturated rings. The van der Waals surface area contributed by atoms with E-state index in [-0.39, 0.29) is 12.5 Å². The Morgan fingerprint density at radius 2 is 1.84 bits per heavy atom. The predicted octanol–water partition coefficient (Wildman–Crippen LogP) is 2.34. The molecule has 2 N–H and O–H groups in total. The molecule has 1 aliphatic heterocycles. The highest BCUT2D eigenvalue weighted by atomic mass is 16.5. The van der Waals surface area contributed by atoms with Gasteiger partial charge in [-0.2, -0.15) is 5.10 Å². The molecule has 3 amide bonds. The van der Waals surface area contributed by atoms with Gasteiger partial charge < -0.3 is 15.0 Å². The van der Waals surface area contributed by atoms with Crippen molar-refractivity contribution < 1.29 is 19.1 Å². The summed E-state index contributed by atoms with van der Waals surface area (Å²) in [6, 6.07) is 14.3. The number of carbonyl (C=O) groups excluding carboxylic acids is 3. The second-order valence-electron chi connectivity index (χ2n) is 7.11. The third-order valence-corrected chi connectivity index (χ3v) is 4.91. The first-order valence-electron chi connectivity index (χ1n) is 10.3. The molecule has 2 aromatic carbocycles. The predicted molar refractivity (Wildman–Crippen MR) is 118 cm³/mol. The van der Waals surface area contributed by atoms with E-state index in [4.69, 9.17) is 4.74 Å². The van der Waals surface area contributed by atoms with E-state index in [0.717, 1.165) is 37.9 Å². The Morgan fingerprint density at radius 1 is 1.06 bits per heavy atom. The molecule has 1 aliphatic rings. The maximum absolute atomic E-state index is 12.1. The number of ether oxygens (including phenoxy) is 1. The first-order valence-corrected chi connectivity index (χ1v) is 10.3. The third-order valence-electron chi connectivity index (χ3n) is 4.91. The number of anilines is 1. The van der Waals surface area contributed by atoms with Gasteiger partial charge in [-0.25, -0.2) is 5.43 Å². The maximum Gasteiger partial charge on any atom is 0.329 e. The number of amides is 3. The van der Waals surface area contributed by atoms with Gasteiger partial charge in [0.2, 0.25) is 0 Å². The second-order valence-corrected chi connectivity index (χ2v) is 7.11. The SMILES string of the molecule is CCc1ccccc1NC(=O)C(=O)N/N=C\c1cccc(OCC(=O)N2CCCC2)c1. The van der Waals surface area contributed by atoms with Crippen LogP contribution in [0, 0.1) is 0 Å². The van der Waals surface area contributed by atoms with Crippen molar-refractivity contribution in [2.45, 2.75) is 26.2 Å². The Balaban J connectivity index is 1.49. The summed E-state index contributed by atoms with van der Waals surface area (Å²) in [5.41, 5.74) is 4.40. The molecule has 162 valence electrons. The van der Waals surface area contributed by atoms with Crippen LogP contribution in [0.3, 0.4) is 0 Å². The highest BCUT2D eigenvalue weighted by molar-refractivity contribution is 6.39. The van der Waals surface area contributed by atoms with E-state index in [1.54, 1.807) is 41.3 Å². The van der Waals surface area contributed by atoms with E-state index in [9.17, 15) is 14.4 Å². The molecular formula is C23H26N4O4. The summed E-state index contributed by atoms with van der Waals surface area (Å²) in [5, 5.41) is 6.42. The van der Waals surface area contributed by atoms with E-state index in [2.05, 4.69) is 15.8 Å². The van der Waals surface area contributed by atoms with Crippen molar-refractivity contribution in [3.63, 3.8) is 0 Å². The van der Waals surface area contributed by atoms with Crippen LogP contribution in [0.1, 0.15) is 30.9 Å². The normalized spacial score (nSPS) is 13.3. The number of hydrogen-bond acceptors (Lipinski definition) is 5. The van der Waals surface area contributed by atoms with Crippen LogP contribution in [0.2, 0.25) is 0 Å². The van der Waals surface area contributed by atoms with E-state index in [1.807, 2.05) is 19.1 Å². The number of rotatable bonds is 7. The van der Waals surface area contributed by atoms with Gasteiger partial charge in [-0.3, -0.25) is 14.4 Å². The van der Waals surface area contributed by atoms with Crippen LogP contribution in [0.4, 0.5) is 5.69 Å². The Labute approximate surface area is 181 Å². The Morgan fingerprint density at radius 3 is 2.61 bits per heavy atom. The van der Waals surface area contributed by atoms with Crippen molar-refractivity contribution in [3.8, 4) is 5.75 Å². The van der Waals surface area contributed by atoms with E-state index in [1.165, 1.54) is 6.21 Å². The van der Waals surface area contributed by atoms with Crippen molar-refractivity contribution in [2.24, 2.45) is 5.10 Å². The molecule has 8 nitrogen and oxygen atoms in total. The molecule has 31 heavy (non-hydrogen) atoms. The zero-order chi connectivity index (χ0) is 22.1. The number of hydrogen-bond donors (Lipinski definition) is 2. The van der Waals surface area contributed by atoms with Crippen LogP contribution in [0.5, 0.6) is 5.75 Å².